The number of carbonyl (C=O) groups excluding carboxylic acids is 1. The molecule has 2 atom stereocenters. The minimum atomic E-state index is -0.927. The number of hydrogen-bond acceptors (Lipinski definition) is 3. The van der Waals surface area contributed by atoms with Gasteiger partial charge in [0.25, 0.3) is 0 Å². The molecule has 1 saturated heterocycles. The molecule has 1 aromatic carbocycles. The Balaban J connectivity index is 2.28. The van der Waals surface area contributed by atoms with Crippen molar-refractivity contribution in [2.45, 2.75) is 43.9 Å². The summed E-state index contributed by atoms with van der Waals surface area (Å²) < 4.78 is 0. The molecule has 20 heavy (non-hydrogen) atoms. The van der Waals surface area contributed by atoms with Crippen LogP contribution in [0.3, 0.4) is 0 Å². The predicted octanol–water partition coefficient (Wildman–Crippen LogP) is 2.82. The normalized spacial score (nSPS) is 22.6. The van der Waals surface area contributed by atoms with Gasteiger partial charge in [-0.25, -0.2) is 0 Å². The summed E-state index contributed by atoms with van der Waals surface area (Å²) in [6.07, 6.45) is -0.116. The summed E-state index contributed by atoms with van der Waals surface area (Å²) in [5, 5.41) is 8.35. The molecule has 1 fully saturated rings. The van der Waals surface area contributed by atoms with Gasteiger partial charge in [0, 0.05) is 6.04 Å². The number of aliphatic carboxylic acids is 1. The van der Waals surface area contributed by atoms with Crippen molar-refractivity contribution in [3.8, 4) is 0 Å². The molecule has 1 aromatic rings. The third-order valence-corrected chi connectivity index (χ3v) is 4.81. The van der Waals surface area contributed by atoms with Crippen LogP contribution in [0.4, 0.5) is 0 Å². The molecular formula is C15H19NO3S. The van der Waals surface area contributed by atoms with Crippen LogP contribution < -0.4 is 0 Å². The molecule has 1 aliphatic heterocycles. The molecule has 0 aliphatic carbocycles. The molecule has 5 heteroatoms. The van der Waals surface area contributed by atoms with Crippen LogP contribution in [0, 0.1) is 6.92 Å². The number of rotatable bonds is 4. The second-order valence-corrected chi connectivity index (χ2v) is 6.61. The van der Waals surface area contributed by atoms with E-state index in [1.807, 2.05) is 45.0 Å². The molecule has 1 amide bonds. The Morgan fingerprint density at radius 2 is 1.95 bits per heavy atom. The highest BCUT2D eigenvalue weighted by Crippen LogP contribution is 2.45. The van der Waals surface area contributed by atoms with Gasteiger partial charge < -0.3 is 10.0 Å². The molecule has 0 bridgehead atoms. The molecule has 1 N–H and O–H groups in total. The minimum Gasteiger partial charge on any atom is -0.481 e. The van der Waals surface area contributed by atoms with Crippen molar-refractivity contribution < 1.29 is 14.7 Å². The Bertz CT molecular complexity index is 512. The highest BCUT2D eigenvalue weighted by Gasteiger charge is 2.42. The van der Waals surface area contributed by atoms with Crippen LogP contribution in [0.15, 0.2) is 24.3 Å². The van der Waals surface area contributed by atoms with E-state index in [0.29, 0.717) is 0 Å². The second-order valence-electron chi connectivity index (χ2n) is 5.32. The maximum Gasteiger partial charge on any atom is 0.305 e. The molecule has 0 radical (unpaired) electrons. The summed E-state index contributed by atoms with van der Waals surface area (Å²) in [4.78, 5) is 25.1. The van der Waals surface area contributed by atoms with Gasteiger partial charge in [-0.15, -0.1) is 11.8 Å². The van der Waals surface area contributed by atoms with Crippen LogP contribution in [0.5, 0.6) is 0 Å². The predicted molar refractivity (Wildman–Crippen MR) is 79.5 cm³/mol. The van der Waals surface area contributed by atoms with Gasteiger partial charge >= 0.3 is 5.97 Å². The van der Waals surface area contributed by atoms with Crippen molar-refractivity contribution >= 4 is 23.6 Å². The fourth-order valence-electron chi connectivity index (χ4n) is 2.35. The molecule has 2 unspecified atom stereocenters. The molecule has 1 heterocycles. The number of carboxylic acids is 1. The third kappa shape index (κ3) is 2.98. The van der Waals surface area contributed by atoms with Crippen LogP contribution >= 0.6 is 11.8 Å². The summed E-state index contributed by atoms with van der Waals surface area (Å²) in [5.41, 5.74) is 2.22. The molecule has 2 rings (SSSR count). The molecule has 108 valence electrons. The van der Waals surface area contributed by atoms with Gasteiger partial charge in [0.05, 0.1) is 11.7 Å². The zero-order valence-electron chi connectivity index (χ0n) is 11.9. The molecule has 1 aliphatic rings. The van der Waals surface area contributed by atoms with Crippen molar-refractivity contribution in [1.82, 2.24) is 4.90 Å². The van der Waals surface area contributed by atoms with E-state index in [4.69, 9.17) is 5.11 Å². The van der Waals surface area contributed by atoms with E-state index in [-0.39, 0.29) is 23.7 Å². The monoisotopic (exact) mass is 293 g/mol. The highest BCUT2D eigenvalue weighted by atomic mass is 32.2. The second kappa shape index (κ2) is 5.87. The molecule has 0 aromatic heterocycles. The van der Waals surface area contributed by atoms with E-state index >= 15 is 0 Å². The van der Waals surface area contributed by atoms with Gasteiger partial charge in [-0.3, -0.25) is 9.59 Å². The van der Waals surface area contributed by atoms with E-state index in [9.17, 15) is 9.59 Å². The quantitative estimate of drug-likeness (QED) is 0.927. The Hall–Kier alpha value is -1.49. The third-order valence-electron chi connectivity index (χ3n) is 3.35. The van der Waals surface area contributed by atoms with Crippen LogP contribution in [0.25, 0.3) is 0 Å². The van der Waals surface area contributed by atoms with E-state index in [2.05, 4.69) is 0 Å². The van der Waals surface area contributed by atoms with Gasteiger partial charge in [0.15, 0.2) is 0 Å². The van der Waals surface area contributed by atoms with E-state index < -0.39 is 11.2 Å². The average molecular weight is 293 g/mol. The van der Waals surface area contributed by atoms with Crippen LogP contribution in [0.2, 0.25) is 0 Å². The standard InChI is InChI=1S/C15H19NO3S/c1-9(2)16-14(19)12(8-13(17)18)20-15(16)11-6-4-10(3)5-7-11/h4-7,9,12,15H,8H2,1-3H3,(H,17,18). The van der Waals surface area contributed by atoms with Crippen LogP contribution in [-0.2, 0) is 9.59 Å². The number of benzene rings is 1. The van der Waals surface area contributed by atoms with Crippen molar-refractivity contribution in [3.63, 3.8) is 0 Å². The largest absolute Gasteiger partial charge is 0.481 e. The molecular weight excluding hydrogens is 274 g/mol. The minimum absolute atomic E-state index is 0.0556. The van der Waals surface area contributed by atoms with Gasteiger partial charge in [-0.1, -0.05) is 29.8 Å². The Morgan fingerprint density at radius 1 is 1.35 bits per heavy atom. The molecule has 0 saturated carbocycles. The SMILES string of the molecule is Cc1ccc(C2SC(CC(=O)O)C(=O)N2C(C)C)cc1. The van der Waals surface area contributed by atoms with Crippen molar-refractivity contribution in [2.24, 2.45) is 0 Å². The number of aryl methyl sites for hydroxylation is 1. The number of thioether (sulfide) groups is 1. The van der Waals surface area contributed by atoms with Gasteiger partial charge in [-0.05, 0) is 26.3 Å². The lowest BCUT2D eigenvalue weighted by Crippen LogP contribution is -2.37. The van der Waals surface area contributed by atoms with E-state index in [0.717, 1.165) is 5.56 Å². The van der Waals surface area contributed by atoms with Crippen molar-refractivity contribution in [2.75, 3.05) is 0 Å². The van der Waals surface area contributed by atoms with Gasteiger partial charge in [0.2, 0.25) is 5.91 Å². The number of carboxylic acid groups (broad SMARTS) is 1. The summed E-state index contributed by atoms with van der Waals surface area (Å²) in [7, 11) is 0. The Morgan fingerprint density at radius 3 is 2.45 bits per heavy atom. The zero-order chi connectivity index (χ0) is 14.9. The lowest BCUT2D eigenvalue weighted by molar-refractivity contribution is -0.140. The zero-order valence-corrected chi connectivity index (χ0v) is 12.7. The number of hydrogen-bond donors (Lipinski definition) is 1. The van der Waals surface area contributed by atoms with E-state index in [1.165, 1.54) is 17.3 Å². The molecule has 4 nitrogen and oxygen atoms in total. The van der Waals surface area contributed by atoms with Gasteiger partial charge in [0.1, 0.15) is 5.37 Å². The Labute approximate surface area is 123 Å². The topological polar surface area (TPSA) is 57.6 Å². The summed E-state index contributed by atoms with van der Waals surface area (Å²) in [6, 6.07) is 8.12. The first-order valence-corrected chi connectivity index (χ1v) is 7.60. The maximum atomic E-state index is 12.4. The first kappa shape index (κ1) is 14.9. The maximum absolute atomic E-state index is 12.4. The first-order valence-electron chi connectivity index (χ1n) is 6.66. The first-order chi connectivity index (χ1) is 9.40. The lowest BCUT2D eigenvalue weighted by Gasteiger charge is -2.28. The fourth-order valence-corrected chi connectivity index (χ4v) is 3.93. The van der Waals surface area contributed by atoms with Crippen LogP contribution in [-0.4, -0.2) is 33.2 Å². The fraction of sp³-hybridized carbons (Fsp3) is 0.467. The number of nitrogens with zero attached hydrogens (tertiary/aromatic N) is 1. The molecule has 0 spiro atoms. The smallest absolute Gasteiger partial charge is 0.305 e. The van der Waals surface area contributed by atoms with Crippen molar-refractivity contribution in [3.05, 3.63) is 35.4 Å². The van der Waals surface area contributed by atoms with Crippen molar-refractivity contribution in [1.29, 1.82) is 0 Å². The average Bonchev–Trinajstić information content (AvgIpc) is 2.67. The van der Waals surface area contributed by atoms with Crippen LogP contribution in [0.1, 0.15) is 36.8 Å². The highest BCUT2D eigenvalue weighted by molar-refractivity contribution is 8.01. The number of amides is 1. The summed E-state index contributed by atoms with van der Waals surface area (Å²) >= 11 is 1.44. The Kier molecular flexibility index (Phi) is 4.38. The van der Waals surface area contributed by atoms with E-state index in [1.54, 1.807) is 4.90 Å². The lowest BCUT2D eigenvalue weighted by atomic mass is 10.1. The number of carbonyl (C=O) groups is 2. The van der Waals surface area contributed by atoms with Gasteiger partial charge in [-0.2, -0.15) is 0 Å². The summed E-state index contributed by atoms with van der Waals surface area (Å²) in [5.74, 6) is -0.998. The summed E-state index contributed by atoms with van der Waals surface area (Å²) in [6.45, 7) is 5.94.